The molecule has 0 saturated carbocycles. The van der Waals surface area contributed by atoms with Crippen LogP contribution in [0.5, 0.6) is 0 Å². The zero-order valence-corrected chi connectivity index (χ0v) is 12.0. The van der Waals surface area contributed by atoms with Crippen molar-refractivity contribution in [1.29, 1.82) is 0 Å². The highest BCUT2D eigenvalue weighted by Crippen LogP contribution is 2.30. The van der Waals surface area contributed by atoms with Crippen molar-refractivity contribution in [3.8, 4) is 0 Å². The molecule has 1 N–H and O–H groups in total. The molecule has 2 heterocycles. The molecule has 7 heteroatoms. The first kappa shape index (κ1) is 14.4. The van der Waals surface area contributed by atoms with E-state index in [9.17, 15) is 14.7 Å². The van der Waals surface area contributed by atoms with Gasteiger partial charge in [0.2, 0.25) is 0 Å². The topological polar surface area (TPSA) is 78.7 Å². The lowest BCUT2D eigenvalue weighted by Crippen LogP contribution is -2.54. The van der Waals surface area contributed by atoms with E-state index in [1.165, 1.54) is 9.80 Å². The summed E-state index contributed by atoms with van der Waals surface area (Å²) in [5.74, 6) is -0.946. The minimum Gasteiger partial charge on any atom is -0.480 e. The van der Waals surface area contributed by atoms with Crippen molar-refractivity contribution in [3.63, 3.8) is 0 Å². The lowest BCUT2D eigenvalue weighted by molar-refractivity contribution is -0.147. The minimum absolute atomic E-state index is 0.253. The van der Waals surface area contributed by atoms with E-state index in [1.807, 2.05) is 13.2 Å². The number of likely N-dealkylation sites (tertiary alicyclic amines) is 1. The van der Waals surface area contributed by atoms with Gasteiger partial charge in [-0.25, -0.2) is 9.59 Å². The molecule has 0 spiro atoms. The van der Waals surface area contributed by atoms with E-state index in [4.69, 9.17) is 0 Å². The Morgan fingerprint density at radius 3 is 2.80 bits per heavy atom. The first-order valence-electron chi connectivity index (χ1n) is 6.58. The lowest BCUT2D eigenvalue weighted by atomic mass is 10.00. The van der Waals surface area contributed by atoms with Crippen LogP contribution in [-0.2, 0) is 18.4 Å². The van der Waals surface area contributed by atoms with Crippen molar-refractivity contribution in [2.45, 2.75) is 31.8 Å². The Bertz CT molecular complexity index is 527. The fourth-order valence-corrected chi connectivity index (χ4v) is 2.59. The summed E-state index contributed by atoms with van der Waals surface area (Å²) in [5, 5.41) is 13.4. The van der Waals surface area contributed by atoms with Gasteiger partial charge >= 0.3 is 12.0 Å². The number of hydrogen-bond donors (Lipinski definition) is 1. The molecule has 1 unspecified atom stereocenters. The summed E-state index contributed by atoms with van der Waals surface area (Å²) in [6.07, 6.45) is 4.75. The first-order chi connectivity index (χ1) is 9.34. The molecule has 2 amide bonds. The van der Waals surface area contributed by atoms with Crippen molar-refractivity contribution in [2.24, 2.45) is 7.05 Å². The number of carbonyl (C=O) groups is 2. The molecule has 0 bridgehead atoms. The third-order valence-electron chi connectivity index (χ3n) is 3.84. The predicted octanol–water partition coefficient (Wildman–Crippen LogP) is 0.911. The maximum Gasteiger partial charge on any atom is 0.329 e. The molecular formula is C13H20N4O3. The fourth-order valence-electron chi connectivity index (χ4n) is 2.59. The van der Waals surface area contributed by atoms with Gasteiger partial charge in [0.15, 0.2) is 0 Å². The molecule has 1 aromatic rings. The average Bonchev–Trinajstić information content (AvgIpc) is 2.95. The van der Waals surface area contributed by atoms with Crippen LogP contribution in [0.15, 0.2) is 12.4 Å². The van der Waals surface area contributed by atoms with Crippen LogP contribution in [0, 0.1) is 0 Å². The Morgan fingerprint density at radius 1 is 1.55 bits per heavy atom. The number of aliphatic carboxylic acids is 1. The van der Waals surface area contributed by atoms with Crippen molar-refractivity contribution < 1.29 is 14.7 Å². The Balaban J connectivity index is 2.08. The molecule has 2 rings (SSSR count). The van der Waals surface area contributed by atoms with Gasteiger partial charge in [-0.05, 0) is 19.8 Å². The molecular weight excluding hydrogens is 260 g/mol. The highest BCUT2D eigenvalue weighted by Gasteiger charge is 2.46. The molecule has 110 valence electrons. The summed E-state index contributed by atoms with van der Waals surface area (Å²) in [6.45, 7) is 2.51. The molecule has 20 heavy (non-hydrogen) atoms. The zero-order valence-electron chi connectivity index (χ0n) is 12.0. The van der Waals surface area contributed by atoms with E-state index < -0.39 is 11.5 Å². The Kier molecular flexibility index (Phi) is 3.69. The quantitative estimate of drug-likeness (QED) is 0.892. The number of nitrogens with zero attached hydrogens (tertiary/aromatic N) is 4. The Labute approximate surface area is 117 Å². The fraction of sp³-hybridized carbons (Fsp3) is 0.615. The van der Waals surface area contributed by atoms with E-state index in [0.717, 1.165) is 12.0 Å². The van der Waals surface area contributed by atoms with E-state index in [2.05, 4.69) is 5.10 Å². The van der Waals surface area contributed by atoms with Gasteiger partial charge in [0.1, 0.15) is 5.54 Å². The molecule has 1 aliphatic heterocycles. The smallest absolute Gasteiger partial charge is 0.329 e. The van der Waals surface area contributed by atoms with Gasteiger partial charge in [-0.15, -0.1) is 0 Å². The van der Waals surface area contributed by atoms with Crippen molar-refractivity contribution in [1.82, 2.24) is 19.6 Å². The Morgan fingerprint density at radius 2 is 2.25 bits per heavy atom. The highest BCUT2D eigenvalue weighted by molar-refractivity contribution is 5.86. The summed E-state index contributed by atoms with van der Waals surface area (Å²) in [4.78, 5) is 26.8. The number of aryl methyl sites for hydroxylation is 1. The van der Waals surface area contributed by atoms with E-state index >= 15 is 0 Å². The van der Waals surface area contributed by atoms with Gasteiger partial charge in [0.05, 0.1) is 12.7 Å². The average molecular weight is 280 g/mol. The van der Waals surface area contributed by atoms with Gasteiger partial charge in [0, 0.05) is 32.4 Å². The molecule has 0 aromatic carbocycles. The normalized spacial score (nSPS) is 22.1. The molecule has 1 aromatic heterocycles. The number of aromatic nitrogens is 2. The van der Waals surface area contributed by atoms with Crippen LogP contribution in [0.4, 0.5) is 4.79 Å². The molecule has 1 aliphatic rings. The van der Waals surface area contributed by atoms with Gasteiger partial charge in [-0.1, -0.05) is 0 Å². The second-order valence-electron chi connectivity index (χ2n) is 5.50. The maximum atomic E-state index is 12.4. The second-order valence-corrected chi connectivity index (χ2v) is 5.50. The third kappa shape index (κ3) is 2.48. The van der Waals surface area contributed by atoms with E-state index in [1.54, 1.807) is 24.9 Å². The summed E-state index contributed by atoms with van der Waals surface area (Å²) in [6, 6.07) is -0.253. The predicted molar refractivity (Wildman–Crippen MR) is 72.1 cm³/mol. The number of amides is 2. The van der Waals surface area contributed by atoms with E-state index in [0.29, 0.717) is 19.5 Å². The SMILES string of the molecule is CN(Cc1cnn(C)c1)C(=O)N1CCCC1(C)C(=O)O. The molecule has 0 radical (unpaired) electrons. The van der Waals surface area contributed by atoms with E-state index in [-0.39, 0.29) is 6.03 Å². The van der Waals surface area contributed by atoms with Crippen molar-refractivity contribution in [3.05, 3.63) is 18.0 Å². The molecule has 0 aliphatic carbocycles. The summed E-state index contributed by atoms with van der Waals surface area (Å²) >= 11 is 0. The van der Waals surface area contributed by atoms with Crippen LogP contribution in [0.3, 0.4) is 0 Å². The molecule has 1 saturated heterocycles. The third-order valence-corrected chi connectivity index (χ3v) is 3.84. The second kappa shape index (κ2) is 5.15. The number of urea groups is 1. The first-order valence-corrected chi connectivity index (χ1v) is 6.58. The highest BCUT2D eigenvalue weighted by atomic mass is 16.4. The molecule has 1 fully saturated rings. The molecule has 1 atom stereocenters. The van der Waals surface area contributed by atoms with Gasteiger partial charge in [-0.2, -0.15) is 5.10 Å². The number of rotatable bonds is 3. The number of hydrogen-bond acceptors (Lipinski definition) is 3. The van der Waals surface area contributed by atoms with Gasteiger partial charge < -0.3 is 14.9 Å². The summed E-state index contributed by atoms with van der Waals surface area (Å²) < 4.78 is 1.67. The minimum atomic E-state index is -1.10. The van der Waals surface area contributed by atoms with Crippen LogP contribution in [0.1, 0.15) is 25.3 Å². The van der Waals surface area contributed by atoms with Crippen LogP contribution in [0.2, 0.25) is 0 Å². The summed E-state index contributed by atoms with van der Waals surface area (Å²) in [5.41, 5.74) is -0.181. The lowest BCUT2D eigenvalue weighted by Gasteiger charge is -2.34. The maximum absolute atomic E-state index is 12.4. The van der Waals surface area contributed by atoms with Crippen LogP contribution in [0.25, 0.3) is 0 Å². The van der Waals surface area contributed by atoms with Crippen molar-refractivity contribution in [2.75, 3.05) is 13.6 Å². The van der Waals surface area contributed by atoms with Crippen LogP contribution >= 0.6 is 0 Å². The standard InChI is InChI=1S/C13H20N4O3/c1-13(11(18)19)5-4-6-17(13)12(20)15(2)8-10-7-14-16(3)9-10/h7,9H,4-6,8H2,1-3H3,(H,18,19). The van der Waals surface area contributed by atoms with Crippen LogP contribution in [-0.4, -0.2) is 55.8 Å². The zero-order chi connectivity index (χ0) is 14.9. The number of carboxylic acids is 1. The molecule has 7 nitrogen and oxygen atoms in total. The largest absolute Gasteiger partial charge is 0.480 e. The monoisotopic (exact) mass is 280 g/mol. The number of carboxylic acid groups (broad SMARTS) is 1. The van der Waals surface area contributed by atoms with Gasteiger partial charge in [-0.3, -0.25) is 4.68 Å². The number of carbonyl (C=O) groups excluding carboxylic acids is 1. The van der Waals surface area contributed by atoms with Crippen molar-refractivity contribution >= 4 is 12.0 Å². The summed E-state index contributed by atoms with van der Waals surface area (Å²) in [7, 11) is 3.49. The Hall–Kier alpha value is -2.05. The van der Waals surface area contributed by atoms with Crippen LogP contribution < -0.4 is 0 Å². The van der Waals surface area contributed by atoms with Gasteiger partial charge in [0.25, 0.3) is 0 Å².